The molecule has 0 radical (unpaired) electrons. The van der Waals surface area contributed by atoms with E-state index in [2.05, 4.69) is 30.8 Å². The van der Waals surface area contributed by atoms with Crippen LogP contribution in [0.1, 0.15) is 49.6 Å². The van der Waals surface area contributed by atoms with E-state index in [4.69, 9.17) is 5.10 Å². The fourth-order valence-corrected chi connectivity index (χ4v) is 2.83. The number of halogens is 1. The van der Waals surface area contributed by atoms with Crippen molar-refractivity contribution in [3.05, 3.63) is 17.0 Å². The zero-order chi connectivity index (χ0) is 11.5. The van der Waals surface area contributed by atoms with E-state index in [0.29, 0.717) is 0 Å². The first-order valence-electron chi connectivity index (χ1n) is 6.54. The highest BCUT2D eigenvalue weighted by Crippen LogP contribution is 2.30. The number of nitrogens with zero attached hydrogens (tertiary/aromatic N) is 2. The Morgan fingerprint density at radius 2 is 1.94 bits per heavy atom. The third kappa shape index (κ3) is 2.83. The minimum atomic E-state index is 0. The summed E-state index contributed by atoms with van der Waals surface area (Å²) in [7, 11) is 0. The van der Waals surface area contributed by atoms with Gasteiger partial charge in [0.25, 0.3) is 0 Å². The van der Waals surface area contributed by atoms with Gasteiger partial charge in [-0.25, -0.2) is 0 Å². The minimum Gasteiger partial charge on any atom is -0.317 e. The quantitative estimate of drug-likeness (QED) is 0.902. The Balaban J connectivity index is 0.00000144. The molecule has 0 saturated carbocycles. The summed E-state index contributed by atoms with van der Waals surface area (Å²) < 4.78 is 2.16. The molecule has 0 bridgehead atoms. The Morgan fingerprint density at radius 3 is 2.47 bits per heavy atom. The van der Waals surface area contributed by atoms with Crippen molar-refractivity contribution in [3.8, 4) is 0 Å². The maximum Gasteiger partial charge on any atom is 0.0659 e. The first kappa shape index (κ1) is 14.5. The van der Waals surface area contributed by atoms with Gasteiger partial charge in [0, 0.05) is 12.2 Å². The standard InChI is InChI=1S/C13H23N3.ClH/c1-4-12-13(10(3)16(5-2)15-12)11-6-8-14-9-7-11;/h11,14H,4-9H2,1-3H3;1H. The fourth-order valence-electron chi connectivity index (χ4n) is 2.83. The van der Waals surface area contributed by atoms with E-state index in [9.17, 15) is 0 Å². The van der Waals surface area contributed by atoms with Gasteiger partial charge in [-0.15, -0.1) is 12.4 Å². The van der Waals surface area contributed by atoms with Crippen LogP contribution in [0.15, 0.2) is 0 Å². The Hall–Kier alpha value is -0.540. The van der Waals surface area contributed by atoms with Crippen molar-refractivity contribution in [1.29, 1.82) is 0 Å². The molecule has 0 atom stereocenters. The first-order valence-corrected chi connectivity index (χ1v) is 6.54. The summed E-state index contributed by atoms with van der Waals surface area (Å²) in [5, 5.41) is 8.15. The molecule has 0 unspecified atom stereocenters. The lowest BCUT2D eigenvalue weighted by Gasteiger charge is -2.23. The van der Waals surface area contributed by atoms with E-state index < -0.39 is 0 Å². The molecular weight excluding hydrogens is 234 g/mol. The number of aryl methyl sites for hydroxylation is 2. The smallest absolute Gasteiger partial charge is 0.0659 e. The van der Waals surface area contributed by atoms with Crippen LogP contribution in [-0.4, -0.2) is 22.9 Å². The van der Waals surface area contributed by atoms with Gasteiger partial charge in [-0.05, 0) is 57.7 Å². The molecule has 4 heteroatoms. The van der Waals surface area contributed by atoms with Gasteiger partial charge in [0.15, 0.2) is 0 Å². The molecule has 1 fully saturated rings. The lowest BCUT2D eigenvalue weighted by molar-refractivity contribution is 0.456. The SMILES string of the molecule is CCc1nn(CC)c(C)c1C1CCNCC1.Cl. The van der Waals surface area contributed by atoms with E-state index >= 15 is 0 Å². The molecule has 0 aromatic carbocycles. The third-order valence-electron chi connectivity index (χ3n) is 3.71. The molecule has 0 amide bonds. The van der Waals surface area contributed by atoms with Crippen LogP contribution in [0.3, 0.4) is 0 Å². The summed E-state index contributed by atoms with van der Waals surface area (Å²) in [6, 6.07) is 0. The lowest BCUT2D eigenvalue weighted by Crippen LogP contribution is -2.27. The molecule has 0 aliphatic carbocycles. The predicted molar refractivity (Wildman–Crippen MR) is 74.1 cm³/mol. The second kappa shape index (κ2) is 6.41. The third-order valence-corrected chi connectivity index (χ3v) is 3.71. The zero-order valence-corrected chi connectivity index (χ0v) is 11.9. The Bertz CT molecular complexity index is 354. The van der Waals surface area contributed by atoms with Crippen LogP contribution in [0.5, 0.6) is 0 Å². The molecule has 1 aliphatic rings. The number of hydrogen-bond donors (Lipinski definition) is 1. The summed E-state index contributed by atoms with van der Waals surface area (Å²) in [6.07, 6.45) is 3.60. The van der Waals surface area contributed by atoms with Crippen molar-refractivity contribution >= 4 is 12.4 Å². The molecule has 3 nitrogen and oxygen atoms in total. The molecule has 1 saturated heterocycles. The van der Waals surface area contributed by atoms with Crippen LogP contribution in [0.2, 0.25) is 0 Å². The highest BCUT2D eigenvalue weighted by molar-refractivity contribution is 5.85. The van der Waals surface area contributed by atoms with Gasteiger partial charge in [0.05, 0.1) is 5.69 Å². The fraction of sp³-hybridized carbons (Fsp3) is 0.769. The van der Waals surface area contributed by atoms with Crippen molar-refractivity contribution in [2.45, 2.75) is 52.5 Å². The predicted octanol–water partition coefficient (Wildman–Crippen LogP) is 2.66. The van der Waals surface area contributed by atoms with Crippen LogP contribution in [0, 0.1) is 6.92 Å². The molecule has 98 valence electrons. The van der Waals surface area contributed by atoms with E-state index in [0.717, 1.165) is 32.0 Å². The van der Waals surface area contributed by atoms with Crippen molar-refractivity contribution < 1.29 is 0 Å². The molecule has 0 spiro atoms. The second-order valence-electron chi connectivity index (χ2n) is 4.64. The first-order chi connectivity index (χ1) is 7.77. The largest absolute Gasteiger partial charge is 0.317 e. The van der Waals surface area contributed by atoms with Crippen molar-refractivity contribution in [1.82, 2.24) is 15.1 Å². The van der Waals surface area contributed by atoms with Gasteiger partial charge in [-0.2, -0.15) is 5.10 Å². The van der Waals surface area contributed by atoms with Crippen LogP contribution < -0.4 is 5.32 Å². The van der Waals surface area contributed by atoms with E-state index in [-0.39, 0.29) is 12.4 Å². The average Bonchev–Trinajstić information content (AvgIpc) is 2.66. The summed E-state index contributed by atoms with van der Waals surface area (Å²) in [6.45, 7) is 9.92. The summed E-state index contributed by atoms with van der Waals surface area (Å²) in [5.41, 5.74) is 4.27. The molecule has 1 aliphatic heterocycles. The second-order valence-corrected chi connectivity index (χ2v) is 4.64. The Kier molecular flexibility index (Phi) is 5.47. The molecule has 1 N–H and O–H groups in total. The number of hydrogen-bond acceptors (Lipinski definition) is 2. The molecule has 1 aromatic rings. The maximum absolute atomic E-state index is 4.72. The molecule has 2 rings (SSSR count). The van der Waals surface area contributed by atoms with E-state index in [1.165, 1.54) is 24.2 Å². The normalized spacial score (nSPS) is 16.9. The Morgan fingerprint density at radius 1 is 1.29 bits per heavy atom. The zero-order valence-electron chi connectivity index (χ0n) is 11.1. The van der Waals surface area contributed by atoms with Gasteiger partial charge < -0.3 is 5.32 Å². The van der Waals surface area contributed by atoms with Gasteiger partial charge in [0.2, 0.25) is 0 Å². The Labute approximate surface area is 110 Å². The molecule has 17 heavy (non-hydrogen) atoms. The van der Waals surface area contributed by atoms with Gasteiger partial charge >= 0.3 is 0 Å². The van der Waals surface area contributed by atoms with Crippen LogP contribution in [-0.2, 0) is 13.0 Å². The molecule has 2 heterocycles. The minimum absolute atomic E-state index is 0. The monoisotopic (exact) mass is 257 g/mol. The number of piperidine rings is 1. The van der Waals surface area contributed by atoms with E-state index in [1.807, 2.05) is 0 Å². The number of aromatic nitrogens is 2. The lowest BCUT2D eigenvalue weighted by atomic mass is 9.88. The molecular formula is C13H24ClN3. The maximum atomic E-state index is 4.72. The summed E-state index contributed by atoms with van der Waals surface area (Å²) >= 11 is 0. The van der Waals surface area contributed by atoms with Gasteiger partial charge in [-0.3, -0.25) is 4.68 Å². The highest BCUT2D eigenvalue weighted by Gasteiger charge is 2.23. The molecule has 1 aromatic heterocycles. The van der Waals surface area contributed by atoms with Crippen molar-refractivity contribution in [3.63, 3.8) is 0 Å². The van der Waals surface area contributed by atoms with E-state index in [1.54, 1.807) is 5.56 Å². The highest BCUT2D eigenvalue weighted by atomic mass is 35.5. The van der Waals surface area contributed by atoms with Crippen LogP contribution in [0.25, 0.3) is 0 Å². The van der Waals surface area contributed by atoms with Gasteiger partial charge in [-0.1, -0.05) is 6.92 Å². The summed E-state index contributed by atoms with van der Waals surface area (Å²) in [4.78, 5) is 0. The van der Waals surface area contributed by atoms with Crippen molar-refractivity contribution in [2.75, 3.05) is 13.1 Å². The van der Waals surface area contributed by atoms with Crippen molar-refractivity contribution in [2.24, 2.45) is 0 Å². The topological polar surface area (TPSA) is 29.9 Å². The number of rotatable bonds is 3. The van der Waals surface area contributed by atoms with Gasteiger partial charge in [0.1, 0.15) is 0 Å². The van der Waals surface area contributed by atoms with Crippen LogP contribution >= 0.6 is 12.4 Å². The summed E-state index contributed by atoms with van der Waals surface area (Å²) in [5.74, 6) is 0.733. The number of nitrogens with one attached hydrogen (secondary N) is 1. The van der Waals surface area contributed by atoms with Crippen LogP contribution in [0.4, 0.5) is 0 Å². The average molecular weight is 258 g/mol.